The van der Waals surface area contributed by atoms with Crippen molar-refractivity contribution in [1.29, 1.82) is 0 Å². The van der Waals surface area contributed by atoms with Gasteiger partial charge < -0.3 is 5.73 Å². The van der Waals surface area contributed by atoms with Crippen LogP contribution in [0.15, 0.2) is 12.7 Å². The average molecular weight is 563 g/mol. The molecule has 0 unspecified atom stereocenters. The Morgan fingerprint density at radius 3 is 1.29 bits per heavy atom. The van der Waals surface area contributed by atoms with Crippen LogP contribution in [-0.4, -0.2) is 60.6 Å². The van der Waals surface area contributed by atoms with Crippen molar-refractivity contribution in [3.8, 4) is 0 Å². The molecule has 0 aliphatic heterocycles. The van der Waals surface area contributed by atoms with Gasteiger partial charge in [-0.2, -0.15) is 74.3 Å². The van der Waals surface area contributed by atoms with Crippen LogP contribution < -0.4 is 5.73 Å². The van der Waals surface area contributed by atoms with Crippen LogP contribution in [0.3, 0.4) is 0 Å². The second kappa shape index (κ2) is 10.7. The highest BCUT2D eigenvalue weighted by Gasteiger charge is 2.91. The second-order valence-corrected chi connectivity index (χ2v) is 7.80. The van der Waals surface area contributed by atoms with Crippen LogP contribution >= 0.6 is 0 Å². The Balaban J connectivity index is 0. The maximum absolute atomic E-state index is 13.4. The monoisotopic (exact) mass is 563 g/mol. The standard InChI is InChI=1S/C11H9F15O3S.C3H7N/c12-5(13,3-1-2-4-6(14,15)16)7(17,18)8(19,20)9(21,22)10(23,24)11(25,26)30(27,28)29;1-2-3-4/h1-4H2,(H,27,28,29);2H,1,3-4H2. The summed E-state index contributed by atoms with van der Waals surface area (Å²) in [5.74, 6) is -38.4. The highest BCUT2D eigenvalue weighted by atomic mass is 32.2. The molecule has 0 atom stereocenters. The molecule has 0 saturated heterocycles. The maximum Gasteiger partial charge on any atom is 0.438 e. The van der Waals surface area contributed by atoms with Crippen molar-refractivity contribution in [2.45, 2.75) is 66.7 Å². The molecule has 3 N–H and O–H groups in total. The molecule has 0 rings (SSSR count). The van der Waals surface area contributed by atoms with Crippen LogP contribution in [-0.2, 0) is 10.1 Å². The van der Waals surface area contributed by atoms with E-state index < -0.39 is 76.8 Å². The van der Waals surface area contributed by atoms with Gasteiger partial charge in [-0.3, -0.25) is 4.55 Å². The fourth-order valence-corrected chi connectivity index (χ4v) is 2.25. The van der Waals surface area contributed by atoms with Gasteiger partial charge >= 0.3 is 51.2 Å². The fraction of sp³-hybridized carbons (Fsp3) is 0.857. The lowest BCUT2D eigenvalue weighted by Gasteiger charge is -2.40. The van der Waals surface area contributed by atoms with E-state index in [0.717, 1.165) is 0 Å². The first-order valence-corrected chi connectivity index (χ1v) is 9.68. The summed E-state index contributed by atoms with van der Waals surface area (Å²) in [4.78, 5) is 0. The van der Waals surface area contributed by atoms with Crippen molar-refractivity contribution in [2.24, 2.45) is 5.73 Å². The first-order valence-electron chi connectivity index (χ1n) is 8.24. The van der Waals surface area contributed by atoms with Crippen molar-refractivity contribution in [3.05, 3.63) is 12.7 Å². The number of hydrogen-bond acceptors (Lipinski definition) is 3. The van der Waals surface area contributed by atoms with E-state index in [1.807, 2.05) is 0 Å². The molecule has 0 heterocycles. The molecular formula is C14H16F15NO3S. The molecule has 34 heavy (non-hydrogen) atoms. The van der Waals surface area contributed by atoms with Crippen LogP contribution in [0, 0.1) is 0 Å². The molecule has 0 amide bonds. The topological polar surface area (TPSA) is 80.4 Å². The van der Waals surface area contributed by atoms with E-state index in [1.54, 1.807) is 6.08 Å². The van der Waals surface area contributed by atoms with Crippen LogP contribution in [0.2, 0.25) is 0 Å². The highest BCUT2D eigenvalue weighted by Crippen LogP contribution is 2.61. The second-order valence-electron chi connectivity index (χ2n) is 6.34. The van der Waals surface area contributed by atoms with Crippen LogP contribution in [0.1, 0.15) is 25.7 Å². The van der Waals surface area contributed by atoms with E-state index in [2.05, 4.69) is 6.58 Å². The molecule has 4 nitrogen and oxygen atoms in total. The van der Waals surface area contributed by atoms with Gasteiger partial charge in [0.2, 0.25) is 0 Å². The third-order valence-electron chi connectivity index (χ3n) is 3.70. The minimum absolute atomic E-state index is 0.583. The summed E-state index contributed by atoms with van der Waals surface area (Å²) in [5.41, 5.74) is 4.91. The van der Waals surface area contributed by atoms with Gasteiger partial charge in [-0.25, -0.2) is 0 Å². The Morgan fingerprint density at radius 2 is 1.00 bits per heavy atom. The molecule has 206 valence electrons. The molecule has 0 aromatic heterocycles. The largest absolute Gasteiger partial charge is 0.438 e. The smallest absolute Gasteiger partial charge is 0.327 e. The van der Waals surface area contributed by atoms with E-state index in [-0.39, 0.29) is 0 Å². The zero-order valence-corrected chi connectivity index (χ0v) is 17.1. The predicted octanol–water partition coefficient (Wildman–Crippen LogP) is 5.90. The Bertz CT molecular complexity index is 778. The van der Waals surface area contributed by atoms with Crippen LogP contribution in [0.5, 0.6) is 0 Å². The lowest BCUT2D eigenvalue weighted by molar-refractivity contribution is -0.417. The van der Waals surface area contributed by atoms with Gasteiger partial charge in [0.15, 0.2) is 0 Å². The van der Waals surface area contributed by atoms with E-state index in [1.165, 1.54) is 0 Å². The third-order valence-corrected chi connectivity index (χ3v) is 4.60. The lowest BCUT2D eigenvalue weighted by atomic mass is 9.92. The molecule has 0 aliphatic rings. The number of hydrogen-bond donors (Lipinski definition) is 2. The molecule has 0 aromatic rings. The predicted molar refractivity (Wildman–Crippen MR) is 85.0 cm³/mol. The Kier molecular flexibility index (Phi) is 10.9. The third kappa shape index (κ3) is 6.82. The van der Waals surface area contributed by atoms with Gasteiger partial charge in [0.1, 0.15) is 0 Å². The Hall–Kier alpha value is -1.44. The zero-order chi connectivity index (χ0) is 28.2. The molecular weight excluding hydrogens is 547 g/mol. The summed E-state index contributed by atoms with van der Waals surface area (Å²) in [5, 5.41) is -7.54. The fourth-order valence-electron chi connectivity index (χ4n) is 1.80. The maximum atomic E-state index is 13.4. The number of alkyl halides is 15. The Morgan fingerprint density at radius 1 is 0.676 bits per heavy atom. The van der Waals surface area contributed by atoms with Crippen LogP contribution in [0.25, 0.3) is 0 Å². The number of halogens is 15. The molecule has 0 aliphatic carbocycles. The van der Waals surface area contributed by atoms with Gasteiger partial charge in [0.25, 0.3) is 0 Å². The SMILES string of the molecule is C=CCN.O=S(=O)(O)C(F)(F)C(F)(F)C(F)(F)C(F)(F)C(F)(F)C(F)(F)CCCCC(F)(F)F. The summed E-state index contributed by atoms with van der Waals surface area (Å²) in [6, 6.07) is 0. The van der Waals surface area contributed by atoms with Crippen molar-refractivity contribution in [1.82, 2.24) is 0 Å². The first kappa shape index (κ1) is 34.7. The zero-order valence-electron chi connectivity index (χ0n) is 16.2. The average Bonchev–Trinajstić information content (AvgIpc) is 2.63. The van der Waals surface area contributed by atoms with Gasteiger partial charge in [0, 0.05) is 19.4 Å². The number of rotatable bonds is 11. The lowest BCUT2D eigenvalue weighted by Crippen LogP contribution is -2.71. The van der Waals surface area contributed by atoms with E-state index >= 15 is 0 Å². The molecule has 20 heteroatoms. The van der Waals surface area contributed by atoms with Crippen LogP contribution in [0.4, 0.5) is 65.9 Å². The van der Waals surface area contributed by atoms with Gasteiger partial charge in [0.05, 0.1) is 0 Å². The van der Waals surface area contributed by atoms with Gasteiger partial charge in [-0.1, -0.05) is 6.08 Å². The van der Waals surface area contributed by atoms with Gasteiger partial charge in [-0.15, -0.1) is 6.58 Å². The van der Waals surface area contributed by atoms with E-state index in [9.17, 15) is 74.3 Å². The van der Waals surface area contributed by atoms with Crippen molar-refractivity contribution >= 4 is 10.1 Å². The molecule has 0 radical (unpaired) electrons. The van der Waals surface area contributed by atoms with Crippen molar-refractivity contribution < 1.29 is 78.8 Å². The summed E-state index contributed by atoms with van der Waals surface area (Å²) in [6.45, 7) is 3.94. The molecule has 0 aromatic carbocycles. The Labute approximate surface area is 181 Å². The summed E-state index contributed by atoms with van der Waals surface area (Å²) in [6.07, 6.45) is -11.0. The van der Waals surface area contributed by atoms with Crippen molar-refractivity contribution in [2.75, 3.05) is 6.54 Å². The van der Waals surface area contributed by atoms with Crippen molar-refractivity contribution in [3.63, 3.8) is 0 Å². The minimum atomic E-state index is -8.21. The van der Waals surface area contributed by atoms with E-state index in [4.69, 9.17) is 10.3 Å². The van der Waals surface area contributed by atoms with Gasteiger partial charge in [-0.05, 0) is 12.8 Å². The molecule has 0 bridgehead atoms. The summed E-state index contributed by atoms with van der Waals surface area (Å²) >= 11 is 0. The van der Waals surface area contributed by atoms with E-state index in [0.29, 0.717) is 6.54 Å². The highest BCUT2D eigenvalue weighted by molar-refractivity contribution is 7.87. The molecule has 0 saturated carbocycles. The number of nitrogens with two attached hydrogens (primary N) is 1. The minimum Gasteiger partial charge on any atom is -0.327 e. The normalized spacial score (nSPS) is 15.0. The molecule has 0 spiro atoms. The first-order chi connectivity index (χ1) is 14.6. The summed E-state index contributed by atoms with van der Waals surface area (Å²) in [7, 11) is -7.65. The summed E-state index contributed by atoms with van der Waals surface area (Å²) < 4.78 is 222. The quantitative estimate of drug-likeness (QED) is 0.142. The molecule has 0 fully saturated rings. The number of unbranched alkanes of at least 4 members (excludes halogenated alkanes) is 1.